The Kier molecular flexibility index (Phi) is 5.40. The fraction of sp³-hybridized carbons (Fsp3) is 0.400. The molecule has 2 rings (SSSR count). The minimum atomic E-state index is -0.892. The van der Waals surface area contributed by atoms with Gasteiger partial charge in [0.05, 0.1) is 20.8 Å². The predicted molar refractivity (Wildman–Crippen MR) is 77.3 cm³/mol. The standard InChI is InChI=1S/C15H17NO7/c1-20-10-5-9(6-11(7-10)21-2)14(18)16-8-13(17)23-12-3-4-22-15(12)19/h5-7,12H,3-4,8H2,1-2H3,(H,16,18)/t12-/m1/s1. The number of methoxy groups -OCH3 is 2. The molecular weight excluding hydrogens is 306 g/mol. The maximum absolute atomic E-state index is 12.1. The summed E-state index contributed by atoms with van der Waals surface area (Å²) in [5.74, 6) is -0.871. The molecule has 1 N–H and O–H groups in total. The smallest absolute Gasteiger partial charge is 0.347 e. The molecule has 23 heavy (non-hydrogen) atoms. The highest BCUT2D eigenvalue weighted by molar-refractivity contribution is 5.96. The Hall–Kier alpha value is -2.77. The van der Waals surface area contributed by atoms with Crippen molar-refractivity contribution < 1.29 is 33.3 Å². The summed E-state index contributed by atoms with van der Waals surface area (Å²) >= 11 is 0. The molecular formula is C15H17NO7. The Bertz CT molecular complexity index is 592. The van der Waals surface area contributed by atoms with Crippen molar-refractivity contribution in [2.24, 2.45) is 0 Å². The molecule has 8 heteroatoms. The molecule has 1 aromatic carbocycles. The van der Waals surface area contributed by atoms with Gasteiger partial charge in [0.1, 0.15) is 18.0 Å². The van der Waals surface area contributed by atoms with E-state index in [9.17, 15) is 14.4 Å². The van der Waals surface area contributed by atoms with Gasteiger partial charge >= 0.3 is 11.9 Å². The summed E-state index contributed by atoms with van der Waals surface area (Å²) in [6, 6.07) is 4.64. The quantitative estimate of drug-likeness (QED) is 0.751. The van der Waals surface area contributed by atoms with Crippen LogP contribution < -0.4 is 14.8 Å². The molecule has 1 atom stereocenters. The number of nitrogens with one attached hydrogen (secondary N) is 1. The van der Waals surface area contributed by atoms with Gasteiger partial charge in [-0.15, -0.1) is 0 Å². The number of carbonyl (C=O) groups is 3. The molecule has 0 radical (unpaired) electrons. The van der Waals surface area contributed by atoms with E-state index in [0.717, 1.165) is 0 Å². The lowest BCUT2D eigenvalue weighted by Crippen LogP contribution is -2.33. The minimum Gasteiger partial charge on any atom is -0.497 e. The molecule has 0 unspecified atom stereocenters. The Morgan fingerprint density at radius 1 is 1.22 bits per heavy atom. The number of carbonyl (C=O) groups excluding carboxylic acids is 3. The van der Waals surface area contributed by atoms with E-state index in [1.54, 1.807) is 6.07 Å². The van der Waals surface area contributed by atoms with E-state index in [1.165, 1.54) is 26.4 Å². The van der Waals surface area contributed by atoms with Gasteiger partial charge in [0.15, 0.2) is 0 Å². The van der Waals surface area contributed by atoms with Gasteiger partial charge in [-0.2, -0.15) is 0 Å². The fourth-order valence-electron chi connectivity index (χ4n) is 1.98. The second-order valence-electron chi connectivity index (χ2n) is 4.72. The SMILES string of the molecule is COc1cc(OC)cc(C(=O)NCC(=O)O[C@@H]2CCOC2=O)c1. The van der Waals surface area contributed by atoms with Gasteiger partial charge in [0.25, 0.3) is 5.91 Å². The number of ether oxygens (including phenoxy) is 4. The zero-order valence-corrected chi connectivity index (χ0v) is 12.8. The summed E-state index contributed by atoms with van der Waals surface area (Å²) in [7, 11) is 2.93. The molecule has 1 aliphatic heterocycles. The van der Waals surface area contributed by atoms with Crippen LogP contribution in [0.2, 0.25) is 0 Å². The third-order valence-electron chi connectivity index (χ3n) is 3.17. The maximum atomic E-state index is 12.1. The van der Waals surface area contributed by atoms with Crippen LogP contribution in [0.15, 0.2) is 18.2 Å². The largest absolute Gasteiger partial charge is 0.497 e. The first-order valence-electron chi connectivity index (χ1n) is 6.91. The average molecular weight is 323 g/mol. The van der Waals surface area contributed by atoms with Crippen molar-refractivity contribution in [1.29, 1.82) is 0 Å². The van der Waals surface area contributed by atoms with E-state index in [-0.39, 0.29) is 18.7 Å². The molecule has 1 amide bonds. The first kappa shape index (κ1) is 16.6. The molecule has 124 valence electrons. The molecule has 1 saturated heterocycles. The summed E-state index contributed by atoms with van der Waals surface area (Å²) in [5, 5.41) is 2.41. The van der Waals surface area contributed by atoms with E-state index in [1.807, 2.05) is 0 Å². The monoisotopic (exact) mass is 323 g/mol. The Balaban J connectivity index is 1.91. The zero-order chi connectivity index (χ0) is 16.8. The molecule has 1 fully saturated rings. The Morgan fingerprint density at radius 2 is 1.87 bits per heavy atom. The first-order valence-corrected chi connectivity index (χ1v) is 6.91. The lowest BCUT2D eigenvalue weighted by atomic mass is 10.2. The van der Waals surface area contributed by atoms with Crippen molar-refractivity contribution >= 4 is 17.8 Å². The maximum Gasteiger partial charge on any atom is 0.347 e. The van der Waals surface area contributed by atoms with Crippen LogP contribution in [0.3, 0.4) is 0 Å². The molecule has 0 aromatic heterocycles. The van der Waals surface area contributed by atoms with E-state index in [4.69, 9.17) is 14.2 Å². The van der Waals surface area contributed by atoms with Gasteiger partial charge < -0.3 is 24.3 Å². The van der Waals surface area contributed by atoms with Gasteiger partial charge in [0, 0.05) is 18.1 Å². The van der Waals surface area contributed by atoms with Crippen molar-refractivity contribution in [3.8, 4) is 11.5 Å². The van der Waals surface area contributed by atoms with Crippen molar-refractivity contribution in [1.82, 2.24) is 5.32 Å². The number of rotatable bonds is 6. The van der Waals surface area contributed by atoms with E-state index >= 15 is 0 Å². The lowest BCUT2D eigenvalue weighted by molar-refractivity contribution is -0.159. The van der Waals surface area contributed by atoms with Crippen LogP contribution in [0.25, 0.3) is 0 Å². The van der Waals surface area contributed by atoms with Gasteiger partial charge in [-0.1, -0.05) is 0 Å². The highest BCUT2D eigenvalue weighted by Gasteiger charge is 2.30. The molecule has 1 heterocycles. The summed E-state index contributed by atoms with van der Waals surface area (Å²) < 4.78 is 19.7. The van der Waals surface area contributed by atoms with Crippen LogP contribution in [0.5, 0.6) is 11.5 Å². The zero-order valence-electron chi connectivity index (χ0n) is 12.8. The number of hydrogen-bond donors (Lipinski definition) is 1. The lowest BCUT2D eigenvalue weighted by Gasteiger charge is -2.10. The molecule has 0 bridgehead atoms. The van der Waals surface area contributed by atoms with Crippen LogP contribution in [0.4, 0.5) is 0 Å². The highest BCUT2D eigenvalue weighted by Crippen LogP contribution is 2.22. The molecule has 0 saturated carbocycles. The van der Waals surface area contributed by atoms with E-state index in [2.05, 4.69) is 10.1 Å². The minimum absolute atomic E-state index is 0.229. The topological polar surface area (TPSA) is 100 Å². The van der Waals surface area contributed by atoms with E-state index < -0.39 is 23.9 Å². The van der Waals surface area contributed by atoms with Crippen molar-refractivity contribution in [2.75, 3.05) is 27.4 Å². The van der Waals surface area contributed by atoms with Gasteiger partial charge in [-0.05, 0) is 12.1 Å². The molecule has 1 aromatic rings. The molecule has 8 nitrogen and oxygen atoms in total. The predicted octanol–water partition coefficient (Wildman–Crippen LogP) is 0.292. The Morgan fingerprint density at radius 3 is 2.39 bits per heavy atom. The third-order valence-corrected chi connectivity index (χ3v) is 3.17. The summed E-state index contributed by atoms with van der Waals surface area (Å²) in [6.07, 6.45) is -0.567. The van der Waals surface area contributed by atoms with Crippen LogP contribution in [0, 0.1) is 0 Å². The second-order valence-corrected chi connectivity index (χ2v) is 4.72. The average Bonchev–Trinajstić information content (AvgIpc) is 2.96. The number of cyclic esters (lactones) is 1. The van der Waals surface area contributed by atoms with Crippen molar-refractivity contribution in [3.63, 3.8) is 0 Å². The third kappa shape index (κ3) is 4.35. The molecule has 0 aliphatic carbocycles. The van der Waals surface area contributed by atoms with Crippen molar-refractivity contribution in [2.45, 2.75) is 12.5 Å². The van der Waals surface area contributed by atoms with Gasteiger partial charge in [-0.3, -0.25) is 9.59 Å². The van der Waals surface area contributed by atoms with Crippen molar-refractivity contribution in [3.05, 3.63) is 23.8 Å². The normalized spacial score (nSPS) is 16.4. The van der Waals surface area contributed by atoms with Gasteiger partial charge in [-0.25, -0.2) is 4.79 Å². The molecule has 0 spiro atoms. The molecule has 1 aliphatic rings. The summed E-state index contributed by atoms with van der Waals surface area (Å²) in [4.78, 5) is 34.9. The fourth-order valence-corrected chi connectivity index (χ4v) is 1.98. The van der Waals surface area contributed by atoms with Gasteiger partial charge in [0.2, 0.25) is 6.10 Å². The van der Waals surface area contributed by atoms with Crippen LogP contribution in [-0.2, 0) is 19.1 Å². The highest BCUT2D eigenvalue weighted by atomic mass is 16.6. The van der Waals surface area contributed by atoms with Crippen LogP contribution >= 0.6 is 0 Å². The van der Waals surface area contributed by atoms with E-state index in [0.29, 0.717) is 17.9 Å². The Labute approximate surface area is 132 Å². The number of hydrogen-bond acceptors (Lipinski definition) is 7. The summed E-state index contributed by atoms with van der Waals surface area (Å²) in [6.45, 7) is -0.130. The number of benzene rings is 1. The van der Waals surface area contributed by atoms with Crippen LogP contribution in [0.1, 0.15) is 16.8 Å². The first-order chi connectivity index (χ1) is 11.0. The second kappa shape index (κ2) is 7.48. The summed E-state index contributed by atoms with van der Waals surface area (Å²) in [5.41, 5.74) is 0.272. The number of amides is 1. The number of esters is 2. The van der Waals surface area contributed by atoms with Crippen LogP contribution in [-0.4, -0.2) is 51.3 Å².